The Hall–Kier alpha value is -2.47. The summed E-state index contributed by atoms with van der Waals surface area (Å²) < 4.78 is 66.8. The minimum Gasteiger partial charge on any atom is -0.394 e. The smallest absolute Gasteiger partial charge is 0.241 e. The predicted molar refractivity (Wildman–Crippen MR) is 111 cm³/mol. The molecule has 2 atom stereocenters. The molecule has 0 bridgehead atoms. The highest BCUT2D eigenvalue weighted by Gasteiger charge is 2.21. The quantitative estimate of drug-likeness (QED) is 0.498. The molecule has 12 heteroatoms. The van der Waals surface area contributed by atoms with Gasteiger partial charge in [-0.25, -0.2) is 21.6 Å². The summed E-state index contributed by atoms with van der Waals surface area (Å²) in [4.78, 5) is 12.2. The van der Waals surface area contributed by atoms with Crippen molar-refractivity contribution in [3.05, 3.63) is 41.0 Å². The molecule has 0 aliphatic heterocycles. The lowest BCUT2D eigenvalue weighted by Gasteiger charge is -2.19. The van der Waals surface area contributed by atoms with Gasteiger partial charge in [0, 0.05) is 24.1 Å². The molecule has 0 fully saturated rings. The second kappa shape index (κ2) is 10.2. The number of rotatable bonds is 10. The summed E-state index contributed by atoms with van der Waals surface area (Å²) in [7, 11) is -3.70. The fourth-order valence-corrected chi connectivity index (χ4v) is 3.54. The number of benzene rings is 1. The van der Waals surface area contributed by atoms with E-state index in [9.17, 15) is 26.7 Å². The molecule has 0 aliphatic rings. The zero-order valence-corrected chi connectivity index (χ0v) is 18.5. The summed E-state index contributed by atoms with van der Waals surface area (Å²) in [6.45, 7) is 5.23. The molecule has 8 nitrogen and oxygen atoms in total. The molecular weight excluding hydrogens is 435 g/mol. The van der Waals surface area contributed by atoms with E-state index in [1.807, 2.05) is 13.8 Å². The molecule has 1 aromatic heterocycles. The number of nitrogens with zero attached hydrogens (tertiary/aromatic N) is 3. The monoisotopic (exact) mass is 461 g/mol. The van der Waals surface area contributed by atoms with Gasteiger partial charge >= 0.3 is 0 Å². The molecule has 3 N–H and O–H groups in total. The lowest BCUT2D eigenvalue weighted by Crippen LogP contribution is -2.27. The first-order chi connectivity index (χ1) is 14.4. The van der Waals surface area contributed by atoms with E-state index >= 15 is 0 Å². The van der Waals surface area contributed by atoms with Crippen LogP contribution in [0.4, 0.5) is 25.1 Å². The van der Waals surface area contributed by atoms with E-state index < -0.39 is 39.4 Å². The second-order valence-corrected chi connectivity index (χ2v) is 9.56. The minimum absolute atomic E-state index is 0.00287. The van der Waals surface area contributed by atoms with Crippen LogP contribution in [0.25, 0.3) is 0 Å². The molecule has 0 saturated heterocycles. The number of halogens is 3. The van der Waals surface area contributed by atoms with Crippen molar-refractivity contribution in [3.8, 4) is 0 Å². The highest BCUT2D eigenvalue weighted by molar-refractivity contribution is 7.91. The van der Waals surface area contributed by atoms with Crippen LogP contribution in [0, 0.1) is 23.4 Å². The van der Waals surface area contributed by atoms with Crippen LogP contribution in [0.3, 0.4) is 0 Å². The maximum absolute atomic E-state index is 14.1. The summed E-state index contributed by atoms with van der Waals surface area (Å²) in [6.07, 6.45) is 1.43. The number of aliphatic hydroxyl groups excluding tert-OH is 1. The van der Waals surface area contributed by atoms with E-state index in [0.29, 0.717) is 18.6 Å². The second-order valence-electron chi connectivity index (χ2n) is 7.81. The van der Waals surface area contributed by atoms with Gasteiger partial charge in [0.05, 0.1) is 18.9 Å². The van der Waals surface area contributed by atoms with Gasteiger partial charge in [-0.3, -0.25) is 4.72 Å². The van der Waals surface area contributed by atoms with Crippen molar-refractivity contribution in [2.75, 3.05) is 22.9 Å². The van der Waals surface area contributed by atoms with Gasteiger partial charge in [-0.1, -0.05) is 20.8 Å². The van der Waals surface area contributed by atoms with Gasteiger partial charge < -0.3 is 10.4 Å². The molecule has 0 amide bonds. The first-order valence-corrected chi connectivity index (χ1v) is 11.5. The van der Waals surface area contributed by atoms with E-state index in [2.05, 4.69) is 25.0 Å². The largest absolute Gasteiger partial charge is 0.394 e. The number of sulfonamides is 1. The molecule has 0 saturated carbocycles. The molecule has 1 aromatic carbocycles. The molecule has 172 valence electrons. The average Bonchev–Trinajstić information content (AvgIpc) is 2.57. The van der Waals surface area contributed by atoms with Crippen molar-refractivity contribution in [2.24, 2.45) is 5.92 Å². The molecule has 31 heavy (non-hydrogen) atoms. The van der Waals surface area contributed by atoms with E-state index in [1.165, 1.54) is 6.92 Å². The average molecular weight is 462 g/mol. The van der Waals surface area contributed by atoms with Crippen molar-refractivity contribution >= 4 is 21.9 Å². The van der Waals surface area contributed by atoms with Crippen LogP contribution in [-0.4, -0.2) is 47.4 Å². The topological polar surface area (TPSA) is 117 Å². The van der Waals surface area contributed by atoms with Crippen molar-refractivity contribution in [1.29, 1.82) is 0 Å². The van der Waals surface area contributed by atoms with Crippen LogP contribution < -0.4 is 10.0 Å². The molecule has 1 heterocycles. The predicted octanol–water partition coefficient (Wildman–Crippen LogP) is 2.83. The van der Waals surface area contributed by atoms with Crippen molar-refractivity contribution in [3.63, 3.8) is 0 Å². The molecule has 1 unspecified atom stereocenters. The minimum atomic E-state index is -3.70. The van der Waals surface area contributed by atoms with Crippen LogP contribution in [0.5, 0.6) is 0 Å². The first-order valence-electron chi connectivity index (χ1n) is 9.62. The highest BCUT2D eigenvalue weighted by Crippen LogP contribution is 2.26. The molecule has 0 spiro atoms. The van der Waals surface area contributed by atoms with Gasteiger partial charge in [0.2, 0.25) is 21.9 Å². The van der Waals surface area contributed by atoms with Gasteiger partial charge in [0.25, 0.3) is 0 Å². The van der Waals surface area contributed by atoms with Gasteiger partial charge in [0.15, 0.2) is 0 Å². The van der Waals surface area contributed by atoms with Crippen molar-refractivity contribution in [2.45, 2.75) is 45.6 Å². The lowest BCUT2D eigenvalue weighted by atomic mass is 9.96. The Balaban J connectivity index is 2.38. The summed E-state index contributed by atoms with van der Waals surface area (Å²) in [5.74, 6) is -3.85. The summed E-state index contributed by atoms with van der Waals surface area (Å²) in [5, 5.41) is 12.5. The third-order valence-corrected chi connectivity index (χ3v) is 4.85. The normalized spacial score (nSPS) is 13.8. The Morgan fingerprint density at radius 1 is 1.03 bits per heavy atom. The third kappa shape index (κ3) is 7.62. The van der Waals surface area contributed by atoms with Crippen molar-refractivity contribution in [1.82, 2.24) is 15.0 Å². The maximum atomic E-state index is 14.1. The van der Waals surface area contributed by atoms with Crippen LogP contribution in [0.1, 0.15) is 44.5 Å². The van der Waals surface area contributed by atoms with Crippen molar-refractivity contribution < 1.29 is 26.7 Å². The number of aromatic nitrogens is 3. The molecular formula is C19H26F3N5O3S. The Kier molecular flexibility index (Phi) is 8.18. The fourth-order valence-electron chi connectivity index (χ4n) is 3.12. The Labute approximate surface area is 179 Å². The zero-order chi connectivity index (χ0) is 23.3. The van der Waals surface area contributed by atoms with Crippen LogP contribution in [-0.2, 0) is 16.4 Å². The summed E-state index contributed by atoms with van der Waals surface area (Å²) in [6, 6.07) is 0.777. The Bertz CT molecular complexity index is 998. The Morgan fingerprint density at radius 2 is 1.61 bits per heavy atom. The van der Waals surface area contributed by atoms with Crippen LogP contribution >= 0.6 is 0 Å². The lowest BCUT2D eigenvalue weighted by molar-refractivity contribution is 0.259. The molecule has 0 radical (unpaired) electrons. The van der Waals surface area contributed by atoms with E-state index in [-0.39, 0.29) is 42.2 Å². The standard InChI is InChI=1S/C19H26F3N5O3S/c1-10(2)5-13(9-28)23-18-24-16(25-19(26-18)27-31(4,29)30)6-11(3)17-14(21)7-12(20)8-15(17)22/h7-8,10-11,13,28H,5-6,9H2,1-4H3,(H2,23,24,25,26,27)/t11?,13-/m1/s1. The molecule has 0 aliphatic carbocycles. The number of anilines is 2. The Morgan fingerprint density at radius 3 is 2.13 bits per heavy atom. The molecule has 2 rings (SSSR count). The molecule has 2 aromatic rings. The first kappa shape index (κ1) is 24.8. The number of hydrogen-bond donors (Lipinski definition) is 3. The van der Waals surface area contributed by atoms with Gasteiger partial charge in [-0.15, -0.1) is 0 Å². The third-order valence-electron chi connectivity index (χ3n) is 4.29. The fraction of sp³-hybridized carbons (Fsp3) is 0.526. The summed E-state index contributed by atoms with van der Waals surface area (Å²) >= 11 is 0. The number of hydrogen-bond acceptors (Lipinski definition) is 7. The highest BCUT2D eigenvalue weighted by atomic mass is 32.2. The SMILES string of the molecule is CC(C)C[C@H](CO)Nc1nc(CC(C)c2c(F)cc(F)cc2F)nc(NS(C)(=O)=O)n1. The number of aliphatic hydroxyl groups is 1. The van der Waals surface area contributed by atoms with Gasteiger partial charge in [0.1, 0.15) is 23.3 Å². The zero-order valence-electron chi connectivity index (χ0n) is 17.7. The van der Waals surface area contributed by atoms with E-state index in [4.69, 9.17) is 0 Å². The van der Waals surface area contributed by atoms with E-state index in [1.54, 1.807) is 0 Å². The van der Waals surface area contributed by atoms with Gasteiger partial charge in [-0.05, 0) is 18.3 Å². The van der Waals surface area contributed by atoms with Gasteiger partial charge in [-0.2, -0.15) is 15.0 Å². The van der Waals surface area contributed by atoms with Crippen LogP contribution in [0.2, 0.25) is 0 Å². The van der Waals surface area contributed by atoms with E-state index in [0.717, 1.165) is 6.26 Å². The maximum Gasteiger partial charge on any atom is 0.241 e. The van der Waals surface area contributed by atoms with Crippen LogP contribution in [0.15, 0.2) is 12.1 Å². The summed E-state index contributed by atoms with van der Waals surface area (Å²) in [5.41, 5.74) is -0.331. The number of nitrogens with one attached hydrogen (secondary N) is 2.